The van der Waals surface area contributed by atoms with Crippen molar-refractivity contribution in [1.29, 1.82) is 0 Å². The van der Waals surface area contributed by atoms with Crippen molar-refractivity contribution >= 4 is 17.9 Å². The third-order valence-electron chi connectivity index (χ3n) is 2.54. The van der Waals surface area contributed by atoms with Crippen molar-refractivity contribution in [3.63, 3.8) is 0 Å². The molecule has 0 spiro atoms. The number of nitrogens with zero attached hydrogens (tertiary/aromatic N) is 1. The summed E-state index contributed by atoms with van der Waals surface area (Å²) in [5.74, 6) is 0. The molecule has 1 saturated carbocycles. The molecule has 0 aromatic heterocycles. The first-order valence-electron chi connectivity index (χ1n) is 4.35. The van der Waals surface area contributed by atoms with Crippen molar-refractivity contribution in [3.8, 4) is 0 Å². The van der Waals surface area contributed by atoms with Gasteiger partial charge in [-0.05, 0) is 11.0 Å². The fourth-order valence-electron chi connectivity index (χ4n) is 1.81. The Morgan fingerprint density at radius 3 is 2.43 bits per heavy atom. The Labute approximate surface area is 79.4 Å². The zero-order chi connectivity index (χ0) is 10.3. The first kappa shape index (κ1) is 9.14. The molecule has 0 aromatic rings. The van der Waals surface area contributed by atoms with Crippen LogP contribution in [0.5, 0.6) is 0 Å². The van der Waals surface area contributed by atoms with E-state index in [2.05, 4.69) is 0 Å². The monoisotopic (exact) mass is 200 g/mol. The molecule has 1 aliphatic carbocycles. The molecule has 14 heavy (non-hydrogen) atoms. The van der Waals surface area contributed by atoms with Gasteiger partial charge in [0, 0.05) is 6.42 Å². The average Bonchev–Trinajstić information content (AvgIpc) is 2.80. The Morgan fingerprint density at radius 2 is 1.93 bits per heavy atom. The van der Waals surface area contributed by atoms with Crippen LogP contribution < -0.4 is 0 Å². The van der Waals surface area contributed by atoms with Gasteiger partial charge in [-0.1, -0.05) is 0 Å². The van der Waals surface area contributed by atoms with Gasteiger partial charge in [0.2, 0.25) is 0 Å². The molecule has 2 amide bonds. The number of amides is 2. The highest BCUT2D eigenvalue weighted by Gasteiger charge is 2.47. The molecule has 0 aromatic carbocycles. The van der Waals surface area contributed by atoms with Crippen LogP contribution in [0.2, 0.25) is 0 Å². The average molecular weight is 200 g/mol. The van der Waals surface area contributed by atoms with Crippen molar-refractivity contribution in [2.24, 2.45) is 0 Å². The zero-order valence-electron chi connectivity index (χ0n) is 7.34. The normalized spacial score (nSPS) is 29.3. The Morgan fingerprint density at radius 1 is 1.29 bits per heavy atom. The van der Waals surface area contributed by atoms with Crippen LogP contribution >= 0.6 is 0 Å². The fourth-order valence-corrected chi connectivity index (χ4v) is 1.81. The van der Waals surface area contributed by atoms with Gasteiger partial charge < -0.3 is 14.9 Å². The second-order valence-corrected chi connectivity index (χ2v) is 3.42. The summed E-state index contributed by atoms with van der Waals surface area (Å²) in [4.78, 5) is 21.3. The number of ether oxygens (including phenoxy) is 1. The highest BCUT2D eigenvalue weighted by atomic mass is 16.6. The maximum absolute atomic E-state index is 10.6. The quantitative estimate of drug-likeness (QED) is 0.444. The summed E-state index contributed by atoms with van der Waals surface area (Å²) < 4.78 is 5.59. The molecule has 0 bridgehead atoms. The third-order valence-corrected chi connectivity index (χ3v) is 2.54. The number of carboxylic acid groups (broad SMARTS) is 2. The van der Waals surface area contributed by atoms with Crippen molar-refractivity contribution < 1.29 is 29.1 Å². The topological polar surface area (TPSA) is 90.1 Å². The van der Waals surface area contributed by atoms with E-state index in [9.17, 15) is 9.59 Å². The first-order chi connectivity index (χ1) is 6.59. The molecule has 1 heterocycles. The number of hydrogen-bond donors (Lipinski definition) is 2. The van der Waals surface area contributed by atoms with Crippen LogP contribution in [-0.4, -0.2) is 44.9 Å². The van der Waals surface area contributed by atoms with E-state index in [1.807, 2.05) is 0 Å². The highest BCUT2D eigenvalue weighted by molar-refractivity contribution is 5.90. The third kappa shape index (κ3) is 1.48. The maximum atomic E-state index is 10.6. The van der Waals surface area contributed by atoms with Crippen LogP contribution in [0.25, 0.3) is 0 Å². The summed E-state index contributed by atoms with van der Waals surface area (Å²) in [6.45, 7) is 0. The molecule has 6 nitrogen and oxygen atoms in total. The van der Waals surface area contributed by atoms with Crippen molar-refractivity contribution in [2.75, 3.05) is 0 Å². The SMILES string of the molecule is O=C(O)[N+](C(=O)O)=C1CCC2OC2C1. The van der Waals surface area contributed by atoms with Gasteiger partial charge in [0.15, 0.2) is 5.71 Å². The minimum absolute atomic E-state index is 0.0416. The molecule has 2 rings (SSSR count). The van der Waals surface area contributed by atoms with E-state index in [-0.39, 0.29) is 12.2 Å². The van der Waals surface area contributed by atoms with Crippen molar-refractivity contribution in [2.45, 2.75) is 31.5 Å². The van der Waals surface area contributed by atoms with E-state index in [4.69, 9.17) is 14.9 Å². The smallest absolute Gasteiger partial charge is 0.427 e. The van der Waals surface area contributed by atoms with Crippen LogP contribution in [-0.2, 0) is 4.74 Å². The first-order valence-corrected chi connectivity index (χ1v) is 4.35. The Hall–Kier alpha value is -1.43. The predicted molar refractivity (Wildman–Crippen MR) is 43.8 cm³/mol. The lowest BCUT2D eigenvalue weighted by Gasteiger charge is -2.04. The zero-order valence-corrected chi connectivity index (χ0v) is 7.34. The molecule has 2 fully saturated rings. The number of imide groups is 1. The Kier molecular flexibility index (Phi) is 1.99. The Balaban J connectivity index is 2.25. The van der Waals surface area contributed by atoms with E-state index in [0.717, 1.165) is 6.42 Å². The van der Waals surface area contributed by atoms with Gasteiger partial charge in [0.25, 0.3) is 0 Å². The van der Waals surface area contributed by atoms with E-state index in [1.165, 1.54) is 0 Å². The number of carbonyl (C=O) groups is 2. The summed E-state index contributed by atoms with van der Waals surface area (Å²) in [5, 5.41) is 17.4. The van der Waals surface area contributed by atoms with E-state index in [1.54, 1.807) is 0 Å². The van der Waals surface area contributed by atoms with Gasteiger partial charge in [-0.2, -0.15) is 9.59 Å². The summed E-state index contributed by atoms with van der Waals surface area (Å²) >= 11 is 0. The molecule has 0 radical (unpaired) electrons. The van der Waals surface area contributed by atoms with Gasteiger partial charge in [-0.15, -0.1) is 0 Å². The number of rotatable bonds is 0. The minimum Gasteiger partial charge on any atom is -0.427 e. The van der Waals surface area contributed by atoms with Gasteiger partial charge in [0.1, 0.15) is 0 Å². The van der Waals surface area contributed by atoms with Crippen LogP contribution in [0.3, 0.4) is 0 Å². The molecule has 2 N–H and O–H groups in total. The number of fused-ring (bicyclic) bond motifs is 1. The molecule has 1 saturated heterocycles. The second kappa shape index (κ2) is 3.06. The van der Waals surface area contributed by atoms with Gasteiger partial charge in [0.05, 0.1) is 18.6 Å². The molecule has 6 heteroatoms. The molecule has 2 atom stereocenters. The molecule has 2 unspecified atom stereocenters. The summed E-state index contributed by atoms with van der Waals surface area (Å²) in [5.41, 5.74) is 0.420. The fraction of sp³-hybridized carbons (Fsp3) is 0.625. The standard InChI is InChI=1S/C8H9NO5/c10-7(11)9(8(12)13)4-1-2-5-6(3-4)14-5/h5-6H,1-3H2,(H-,10,11,12,13)/p+1. The van der Waals surface area contributed by atoms with Crippen molar-refractivity contribution in [1.82, 2.24) is 0 Å². The lowest BCUT2D eigenvalue weighted by Crippen LogP contribution is -2.33. The molecule has 2 aliphatic rings. The highest BCUT2D eigenvalue weighted by Crippen LogP contribution is 2.34. The number of epoxide rings is 1. The van der Waals surface area contributed by atoms with Crippen LogP contribution in [0, 0.1) is 0 Å². The minimum atomic E-state index is -1.44. The van der Waals surface area contributed by atoms with Gasteiger partial charge in [-0.3, -0.25) is 0 Å². The largest absolute Gasteiger partial charge is 0.605 e. The molecule has 76 valence electrons. The lowest BCUT2D eigenvalue weighted by molar-refractivity contribution is -0.365. The summed E-state index contributed by atoms with van der Waals surface area (Å²) in [6.07, 6.45) is -0.985. The maximum Gasteiger partial charge on any atom is 0.605 e. The van der Waals surface area contributed by atoms with Crippen LogP contribution in [0.4, 0.5) is 9.59 Å². The van der Waals surface area contributed by atoms with Crippen LogP contribution in [0.1, 0.15) is 19.3 Å². The van der Waals surface area contributed by atoms with E-state index >= 15 is 0 Å². The second-order valence-electron chi connectivity index (χ2n) is 3.42. The van der Waals surface area contributed by atoms with Gasteiger partial charge in [-0.25, -0.2) is 0 Å². The molecular formula is C8H10NO5+. The predicted octanol–water partition coefficient (Wildman–Crippen LogP) is 0.747. The van der Waals surface area contributed by atoms with Gasteiger partial charge >= 0.3 is 12.2 Å². The van der Waals surface area contributed by atoms with Crippen molar-refractivity contribution in [3.05, 3.63) is 0 Å². The van der Waals surface area contributed by atoms with E-state index < -0.39 is 12.2 Å². The summed E-state index contributed by atoms with van der Waals surface area (Å²) in [6, 6.07) is 0. The summed E-state index contributed by atoms with van der Waals surface area (Å²) in [7, 11) is 0. The molecular weight excluding hydrogens is 190 g/mol. The molecule has 1 aliphatic heterocycles. The van der Waals surface area contributed by atoms with Crippen LogP contribution in [0.15, 0.2) is 0 Å². The number of hydrogen-bond acceptors (Lipinski definition) is 3. The Bertz CT molecular complexity index is 319. The van der Waals surface area contributed by atoms with E-state index in [0.29, 0.717) is 23.1 Å². The lowest BCUT2D eigenvalue weighted by atomic mass is 9.98.